The average Bonchev–Trinajstić information content (AvgIpc) is 2.91. The predicted octanol–water partition coefficient (Wildman–Crippen LogP) is 2.51. The number of aliphatic hydroxyl groups excluding tert-OH is 1. The molecule has 1 aromatic carbocycles. The molecule has 0 aliphatic heterocycles. The summed E-state index contributed by atoms with van der Waals surface area (Å²) in [4.78, 5) is 0. The summed E-state index contributed by atoms with van der Waals surface area (Å²) in [7, 11) is 0. The van der Waals surface area contributed by atoms with Crippen LogP contribution < -0.4 is 10.5 Å². The highest BCUT2D eigenvalue weighted by molar-refractivity contribution is 5.27. The Hall–Kier alpha value is -1.06. The Morgan fingerprint density at radius 1 is 1.21 bits per heavy atom. The number of ether oxygens (including phenoxy) is 1. The minimum absolute atomic E-state index is 0.341. The van der Waals surface area contributed by atoms with E-state index in [0.717, 1.165) is 18.6 Å². The van der Waals surface area contributed by atoms with Gasteiger partial charge in [-0.2, -0.15) is 0 Å². The first-order valence-electron chi connectivity index (χ1n) is 7.38. The zero-order chi connectivity index (χ0) is 13.5. The van der Waals surface area contributed by atoms with Crippen LogP contribution in [-0.2, 0) is 6.42 Å². The molecule has 3 N–H and O–H groups in total. The Kier molecular flexibility index (Phi) is 5.67. The lowest BCUT2D eigenvalue weighted by atomic mass is 10.0. The third kappa shape index (κ3) is 4.84. The van der Waals surface area contributed by atoms with E-state index < -0.39 is 0 Å². The normalized spacial score (nSPS) is 17.6. The third-order valence-electron chi connectivity index (χ3n) is 3.88. The molecule has 3 heteroatoms. The summed E-state index contributed by atoms with van der Waals surface area (Å²) in [5.41, 5.74) is 6.73. The van der Waals surface area contributed by atoms with Crippen LogP contribution in [0.4, 0.5) is 0 Å². The molecule has 1 fully saturated rings. The topological polar surface area (TPSA) is 55.5 Å². The van der Waals surface area contributed by atoms with Crippen molar-refractivity contribution in [3.8, 4) is 5.75 Å². The molecule has 0 bridgehead atoms. The van der Waals surface area contributed by atoms with E-state index in [4.69, 9.17) is 10.5 Å². The van der Waals surface area contributed by atoms with E-state index in [2.05, 4.69) is 0 Å². The van der Waals surface area contributed by atoms with E-state index in [-0.39, 0.29) is 6.10 Å². The second-order valence-corrected chi connectivity index (χ2v) is 5.53. The quantitative estimate of drug-likeness (QED) is 0.794. The predicted molar refractivity (Wildman–Crippen MR) is 77.3 cm³/mol. The average molecular weight is 263 g/mol. The zero-order valence-corrected chi connectivity index (χ0v) is 11.6. The second-order valence-electron chi connectivity index (χ2n) is 5.53. The van der Waals surface area contributed by atoms with E-state index in [0.29, 0.717) is 19.1 Å². The Balaban J connectivity index is 1.71. The summed E-state index contributed by atoms with van der Waals surface area (Å²) >= 11 is 0. The monoisotopic (exact) mass is 263 g/mol. The maximum absolute atomic E-state index is 9.97. The molecule has 0 aromatic heterocycles. The third-order valence-corrected chi connectivity index (χ3v) is 3.88. The number of nitrogens with two attached hydrogens (primary N) is 1. The largest absolute Gasteiger partial charge is 0.491 e. The van der Waals surface area contributed by atoms with Gasteiger partial charge in [-0.1, -0.05) is 37.8 Å². The van der Waals surface area contributed by atoms with Crippen molar-refractivity contribution in [3.05, 3.63) is 29.8 Å². The van der Waals surface area contributed by atoms with Gasteiger partial charge >= 0.3 is 0 Å². The number of hydrogen-bond acceptors (Lipinski definition) is 3. The van der Waals surface area contributed by atoms with Gasteiger partial charge in [-0.3, -0.25) is 0 Å². The van der Waals surface area contributed by atoms with Gasteiger partial charge in [0, 0.05) is 0 Å². The van der Waals surface area contributed by atoms with Gasteiger partial charge in [-0.15, -0.1) is 0 Å². The van der Waals surface area contributed by atoms with E-state index in [1.807, 2.05) is 24.3 Å². The van der Waals surface area contributed by atoms with Crippen molar-refractivity contribution in [1.29, 1.82) is 0 Å². The molecular weight excluding hydrogens is 238 g/mol. The number of benzene rings is 1. The molecule has 1 unspecified atom stereocenters. The molecular formula is C16H25NO2. The summed E-state index contributed by atoms with van der Waals surface area (Å²) in [5.74, 6) is 1.52. The van der Waals surface area contributed by atoms with Gasteiger partial charge in [0.2, 0.25) is 0 Å². The molecule has 2 rings (SSSR count). The number of rotatable bonds is 7. The van der Waals surface area contributed by atoms with Crippen molar-refractivity contribution in [2.75, 3.05) is 13.2 Å². The molecule has 1 aromatic rings. The van der Waals surface area contributed by atoms with Crippen LogP contribution in [0, 0.1) is 5.92 Å². The van der Waals surface area contributed by atoms with E-state index in [1.165, 1.54) is 31.2 Å². The molecule has 1 aliphatic rings. The Morgan fingerprint density at radius 3 is 2.53 bits per heavy atom. The van der Waals surface area contributed by atoms with Gasteiger partial charge in [0.05, 0.1) is 6.10 Å². The fourth-order valence-electron chi connectivity index (χ4n) is 2.81. The van der Waals surface area contributed by atoms with Crippen LogP contribution in [0.1, 0.15) is 37.7 Å². The van der Waals surface area contributed by atoms with Crippen LogP contribution in [-0.4, -0.2) is 24.4 Å². The Labute approximate surface area is 115 Å². The smallest absolute Gasteiger partial charge is 0.119 e. The van der Waals surface area contributed by atoms with E-state index >= 15 is 0 Å². The number of hydrogen-bond donors (Lipinski definition) is 2. The fraction of sp³-hybridized carbons (Fsp3) is 0.625. The van der Waals surface area contributed by atoms with Gasteiger partial charge in [0.25, 0.3) is 0 Å². The van der Waals surface area contributed by atoms with Gasteiger partial charge in [0.1, 0.15) is 12.4 Å². The summed E-state index contributed by atoms with van der Waals surface area (Å²) in [5, 5.41) is 9.97. The van der Waals surface area contributed by atoms with Crippen LogP contribution >= 0.6 is 0 Å². The first-order valence-corrected chi connectivity index (χ1v) is 7.38. The molecule has 0 spiro atoms. The van der Waals surface area contributed by atoms with Crippen molar-refractivity contribution in [2.45, 2.75) is 44.6 Å². The Morgan fingerprint density at radius 2 is 1.89 bits per heavy atom. The van der Waals surface area contributed by atoms with Crippen molar-refractivity contribution in [1.82, 2.24) is 0 Å². The molecule has 19 heavy (non-hydrogen) atoms. The molecule has 0 heterocycles. The van der Waals surface area contributed by atoms with Crippen molar-refractivity contribution in [2.24, 2.45) is 11.7 Å². The molecule has 1 aliphatic carbocycles. The van der Waals surface area contributed by atoms with Crippen LogP contribution in [0.25, 0.3) is 0 Å². The van der Waals surface area contributed by atoms with Gasteiger partial charge < -0.3 is 15.6 Å². The van der Waals surface area contributed by atoms with Crippen molar-refractivity contribution < 1.29 is 9.84 Å². The fourth-order valence-corrected chi connectivity index (χ4v) is 2.81. The molecule has 1 atom stereocenters. The van der Waals surface area contributed by atoms with Crippen molar-refractivity contribution >= 4 is 0 Å². The standard InChI is InChI=1S/C16H25NO2/c17-10-9-13-5-7-16(8-6-13)19-12-15(18)11-14-3-1-2-4-14/h5-8,14-15,18H,1-4,9-12,17H2. The summed E-state index contributed by atoms with van der Waals surface area (Å²) < 4.78 is 5.63. The lowest BCUT2D eigenvalue weighted by Crippen LogP contribution is -2.20. The highest BCUT2D eigenvalue weighted by atomic mass is 16.5. The summed E-state index contributed by atoms with van der Waals surface area (Å²) in [6, 6.07) is 7.97. The lowest BCUT2D eigenvalue weighted by molar-refractivity contribution is 0.0855. The van der Waals surface area contributed by atoms with Gasteiger partial charge in [0.15, 0.2) is 0 Å². The number of aliphatic hydroxyl groups is 1. The SMILES string of the molecule is NCCc1ccc(OCC(O)CC2CCCC2)cc1. The van der Waals surface area contributed by atoms with Gasteiger partial charge in [-0.05, 0) is 43.0 Å². The first-order chi connectivity index (χ1) is 9.28. The highest BCUT2D eigenvalue weighted by Crippen LogP contribution is 2.28. The molecule has 0 saturated heterocycles. The maximum atomic E-state index is 9.97. The van der Waals surface area contributed by atoms with E-state index in [1.54, 1.807) is 0 Å². The van der Waals surface area contributed by atoms with Crippen LogP contribution in [0.5, 0.6) is 5.75 Å². The zero-order valence-electron chi connectivity index (χ0n) is 11.6. The molecule has 106 valence electrons. The van der Waals surface area contributed by atoms with Crippen LogP contribution in [0.3, 0.4) is 0 Å². The van der Waals surface area contributed by atoms with Crippen molar-refractivity contribution in [3.63, 3.8) is 0 Å². The minimum atomic E-state index is -0.341. The molecule has 0 amide bonds. The molecule has 0 radical (unpaired) electrons. The lowest BCUT2D eigenvalue weighted by Gasteiger charge is -2.16. The first kappa shape index (κ1) is 14.4. The Bertz CT molecular complexity index is 358. The highest BCUT2D eigenvalue weighted by Gasteiger charge is 2.19. The second kappa shape index (κ2) is 7.51. The van der Waals surface area contributed by atoms with Gasteiger partial charge in [-0.25, -0.2) is 0 Å². The van der Waals surface area contributed by atoms with Crippen LogP contribution in [0.2, 0.25) is 0 Å². The summed E-state index contributed by atoms with van der Waals surface area (Å²) in [6.07, 6.45) is 6.61. The molecule has 3 nitrogen and oxygen atoms in total. The maximum Gasteiger partial charge on any atom is 0.119 e. The van der Waals surface area contributed by atoms with Crippen LogP contribution in [0.15, 0.2) is 24.3 Å². The minimum Gasteiger partial charge on any atom is -0.491 e. The summed E-state index contributed by atoms with van der Waals surface area (Å²) in [6.45, 7) is 1.06. The van der Waals surface area contributed by atoms with E-state index in [9.17, 15) is 5.11 Å². The molecule has 1 saturated carbocycles.